The van der Waals surface area contributed by atoms with E-state index in [1.807, 2.05) is 12.1 Å². The number of fused-ring (bicyclic) bond motifs is 1. The molecule has 1 aliphatic rings. The maximum Gasteiger partial charge on any atom is 0.172 e. The minimum atomic E-state index is 0.0982. The third-order valence-electron chi connectivity index (χ3n) is 2.71. The Morgan fingerprint density at radius 2 is 1.89 bits per heavy atom. The number of benzene rings is 1. The Balaban J connectivity index is 2.08. The first-order valence-electron chi connectivity index (χ1n) is 6.52. The number of hydrogen-bond acceptors (Lipinski definition) is 4. The molecule has 0 aliphatic carbocycles. The zero-order valence-electron chi connectivity index (χ0n) is 11.7. The molecular formula is C15H20O3S. The van der Waals surface area contributed by atoms with Gasteiger partial charge >= 0.3 is 0 Å². The Morgan fingerprint density at radius 3 is 2.58 bits per heavy atom. The molecule has 0 radical (unpaired) electrons. The van der Waals surface area contributed by atoms with Gasteiger partial charge in [0.05, 0.1) is 19.0 Å². The molecular weight excluding hydrogens is 260 g/mol. The Bertz CT molecular complexity index is 463. The first-order chi connectivity index (χ1) is 8.96. The summed E-state index contributed by atoms with van der Waals surface area (Å²) in [4.78, 5) is 12.1. The Morgan fingerprint density at radius 1 is 1.21 bits per heavy atom. The number of thioether (sulfide) groups is 1. The maximum atomic E-state index is 12.1. The number of hydrogen-bond donors (Lipinski definition) is 0. The van der Waals surface area contributed by atoms with Gasteiger partial charge in [-0.25, -0.2) is 0 Å². The van der Waals surface area contributed by atoms with Crippen LogP contribution in [0.25, 0.3) is 0 Å². The molecule has 19 heavy (non-hydrogen) atoms. The van der Waals surface area contributed by atoms with E-state index in [0.29, 0.717) is 30.3 Å². The van der Waals surface area contributed by atoms with Gasteiger partial charge in [0.25, 0.3) is 0 Å². The molecule has 0 saturated carbocycles. The van der Waals surface area contributed by atoms with Gasteiger partial charge in [-0.15, -0.1) is 11.8 Å². The van der Waals surface area contributed by atoms with Gasteiger partial charge in [-0.1, -0.05) is 20.8 Å². The van der Waals surface area contributed by atoms with Crippen molar-refractivity contribution in [3.8, 4) is 11.5 Å². The second-order valence-corrected chi connectivity index (χ2v) is 7.34. The van der Waals surface area contributed by atoms with Gasteiger partial charge in [-0.3, -0.25) is 4.79 Å². The lowest BCUT2D eigenvalue weighted by atomic mass is 10.1. The number of Topliss-reactive ketones (excluding diaryl/α,β-unsaturated/α-hetero) is 1. The van der Waals surface area contributed by atoms with E-state index in [1.165, 1.54) is 0 Å². The van der Waals surface area contributed by atoms with Crippen LogP contribution >= 0.6 is 11.8 Å². The Kier molecular flexibility index (Phi) is 4.40. The van der Waals surface area contributed by atoms with Crippen LogP contribution in [0.3, 0.4) is 0 Å². The number of rotatable bonds is 3. The van der Waals surface area contributed by atoms with Crippen LogP contribution in [0.15, 0.2) is 18.2 Å². The van der Waals surface area contributed by atoms with Gasteiger partial charge in [0, 0.05) is 16.7 Å². The molecule has 104 valence electrons. The van der Waals surface area contributed by atoms with Gasteiger partial charge in [-0.05, 0) is 18.2 Å². The molecule has 0 N–H and O–H groups in total. The summed E-state index contributed by atoms with van der Waals surface area (Å²) < 4.78 is 11.3. The molecule has 3 nitrogen and oxygen atoms in total. The zero-order chi connectivity index (χ0) is 13.9. The first-order valence-corrected chi connectivity index (χ1v) is 7.51. The summed E-state index contributed by atoms with van der Waals surface area (Å²) in [5.41, 5.74) is 0.695. The molecule has 1 aromatic carbocycles. The van der Waals surface area contributed by atoms with E-state index in [2.05, 4.69) is 20.8 Å². The number of carbonyl (C=O) groups excluding carboxylic acids is 1. The van der Waals surface area contributed by atoms with Crippen molar-refractivity contribution < 1.29 is 14.3 Å². The molecule has 4 heteroatoms. The molecule has 0 fully saturated rings. The molecule has 0 saturated heterocycles. The van der Waals surface area contributed by atoms with Crippen molar-refractivity contribution >= 4 is 17.5 Å². The Hall–Kier alpha value is -1.16. The molecule has 0 spiro atoms. The molecule has 1 heterocycles. The summed E-state index contributed by atoms with van der Waals surface area (Å²) >= 11 is 1.66. The molecule has 1 aromatic rings. The van der Waals surface area contributed by atoms with Crippen molar-refractivity contribution in [3.63, 3.8) is 0 Å². The predicted octanol–water partition coefficient (Wildman–Crippen LogP) is 3.56. The number of ketones is 1. The summed E-state index contributed by atoms with van der Waals surface area (Å²) in [6.07, 6.45) is 0.873. The van der Waals surface area contributed by atoms with E-state index < -0.39 is 0 Å². The van der Waals surface area contributed by atoms with Gasteiger partial charge in [-0.2, -0.15) is 0 Å². The van der Waals surface area contributed by atoms with Crippen molar-refractivity contribution in [1.29, 1.82) is 0 Å². The minimum Gasteiger partial charge on any atom is -0.490 e. The van der Waals surface area contributed by atoms with Crippen molar-refractivity contribution in [2.24, 2.45) is 0 Å². The van der Waals surface area contributed by atoms with Crippen molar-refractivity contribution in [2.75, 3.05) is 19.0 Å². The fourth-order valence-corrected chi connectivity index (χ4v) is 2.43. The van der Waals surface area contributed by atoms with E-state index in [4.69, 9.17) is 9.47 Å². The maximum absolute atomic E-state index is 12.1. The average Bonchev–Trinajstić information content (AvgIpc) is 2.59. The quantitative estimate of drug-likeness (QED) is 0.793. The van der Waals surface area contributed by atoms with Crippen molar-refractivity contribution in [1.82, 2.24) is 0 Å². The smallest absolute Gasteiger partial charge is 0.172 e. The van der Waals surface area contributed by atoms with Crippen LogP contribution in [-0.2, 0) is 0 Å². The normalized spacial score (nSPS) is 14.9. The summed E-state index contributed by atoms with van der Waals surface area (Å²) in [7, 11) is 0. The van der Waals surface area contributed by atoms with Crippen LogP contribution < -0.4 is 9.47 Å². The van der Waals surface area contributed by atoms with E-state index in [0.717, 1.165) is 12.2 Å². The van der Waals surface area contributed by atoms with E-state index in [-0.39, 0.29) is 10.5 Å². The molecule has 0 unspecified atom stereocenters. The molecule has 1 aliphatic heterocycles. The highest BCUT2D eigenvalue weighted by atomic mass is 32.2. The second-order valence-electron chi connectivity index (χ2n) is 5.54. The zero-order valence-corrected chi connectivity index (χ0v) is 12.5. The van der Waals surface area contributed by atoms with Crippen molar-refractivity contribution in [3.05, 3.63) is 23.8 Å². The Labute approximate surface area is 118 Å². The number of ether oxygens (including phenoxy) is 2. The summed E-state index contributed by atoms with van der Waals surface area (Å²) in [6.45, 7) is 7.64. The van der Waals surface area contributed by atoms with Gasteiger partial charge < -0.3 is 9.47 Å². The molecule has 0 bridgehead atoms. The summed E-state index contributed by atoms with van der Waals surface area (Å²) in [5.74, 6) is 2.04. The summed E-state index contributed by atoms with van der Waals surface area (Å²) in [5, 5.41) is 0. The standard InChI is InChI=1S/C15H20O3S/c1-15(2,3)19-10-12(16)11-5-6-13-14(9-11)18-8-4-7-17-13/h5-6,9H,4,7-8,10H2,1-3H3. The monoisotopic (exact) mass is 280 g/mol. The van der Waals surface area contributed by atoms with Crippen LogP contribution in [0.2, 0.25) is 0 Å². The lowest BCUT2D eigenvalue weighted by Gasteiger charge is -2.17. The summed E-state index contributed by atoms with van der Waals surface area (Å²) in [6, 6.07) is 5.45. The molecule has 0 amide bonds. The lowest BCUT2D eigenvalue weighted by Crippen LogP contribution is -2.13. The van der Waals surface area contributed by atoms with E-state index >= 15 is 0 Å². The molecule has 0 aromatic heterocycles. The van der Waals surface area contributed by atoms with E-state index in [1.54, 1.807) is 17.8 Å². The highest BCUT2D eigenvalue weighted by Gasteiger charge is 2.17. The van der Waals surface area contributed by atoms with E-state index in [9.17, 15) is 4.79 Å². The third-order valence-corrected chi connectivity index (χ3v) is 3.98. The van der Waals surface area contributed by atoms with Gasteiger partial charge in [0.15, 0.2) is 17.3 Å². The van der Waals surface area contributed by atoms with Crippen LogP contribution in [0.4, 0.5) is 0 Å². The third kappa shape index (κ3) is 4.16. The van der Waals surface area contributed by atoms with Crippen LogP contribution in [0.5, 0.6) is 11.5 Å². The fourth-order valence-electron chi connectivity index (χ4n) is 1.70. The molecule has 0 atom stereocenters. The fraction of sp³-hybridized carbons (Fsp3) is 0.533. The average molecular weight is 280 g/mol. The first kappa shape index (κ1) is 14.3. The van der Waals surface area contributed by atoms with Gasteiger partial charge in [0.1, 0.15) is 0 Å². The minimum absolute atomic E-state index is 0.0982. The highest BCUT2D eigenvalue weighted by molar-refractivity contribution is 8.01. The molecule has 2 rings (SSSR count). The van der Waals surface area contributed by atoms with Crippen LogP contribution in [0, 0.1) is 0 Å². The largest absolute Gasteiger partial charge is 0.490 e. The highest BCUT2D eigenvalue weighted by Crippen LogP contribution is 2.31. The van der Waals surface area contributed by atoms with Gasteiger partial charge in [0.2, 0.25) is 0 Å². The van der Waals surface area contributed by atoms with Crippen LogP contribution in [0.1, 0.15) is 37.6 Å². The van der Waals surface area contributed by atoms with Crippen LogP contribution in [-0.4, -0.2) is 29.5 Å². The second kappa shape index (κ2) is 5.87. The predicted molar refractivity (Wildman–Crippen MR) is 78.6 cm³/mol. The SMILES string of the molecule is CC(C)(C)SCC(=O)c1ccc2c(c1)OCCCO2. The van der Waals surface area contributed by atoms with Crippen molar-refractivity contribution in [2.45, 2.75) is 31.9 Å². The topological polar surface area (TPSA) is 35.5 Å². The lowest BCUT2D eigenvalue weighted by molar-refractivity contribution is 0.102. The number of carbonyl (C=O) groups is 1.